The van der Waals surface area contributed by atoms with Gasteiger partial charge >= 0.3 is 11.9 Å². The van der Waals surface area contributed by atoms with Crippen LogP contribution in [0, 0.1) is 0 Å². The molecule has 0 atom stereocenters. The van der Waals surface area contributed by atoms with Crippen LogP contribution in [-0.4, -0.2) is 38.9 Å². The predicted octanol–water partition coefficient (Wildman–Crippen LogP) is 6.00. The van der Waals surface area contributed by atoms with Gasteiger partial charge in [0, 0.05) is 17.2 Å². The molecule has 0 aliphatic rings. The molecule has 34 heavy (non-hydrogen) atoms. The zero-order valence-corrected chi connectivity index (χ0v) is 20.3. The number of ether oxygens (including phenoxy) is 4. The summed E-state index contributed by atoms with van der Waals surface area (Å²) in [6.07, 6.45) is 6.48. The smallest absolute Gasteiger partial charge is 0.333 e. The summed E-state index contributed by atoms with van der Waals surface area (Å²) in [7, 11) is 1.64. The lowest BCUT2D eigenvalue weighted by atomic mass is 10.0. The van der Waals surface area contributed by atoms with Crippen molar-refractivity contribution in [2.24, 2.45) is 0 Å². The van der Waals surface area contributed by atoms with Gasteiger partial charge in [-0.25, -0.2) is 9.59 Å². The van der Waals surface area contributed by atoms with Gasteiger partial charge in [-0.1, -0.05) is 30.8 Å². The van der Waals surface area contributed by atoms with Crippen LogP contribution in [0.15, 0.2) is 60.7 Å². The van der Waals surface area contributed by atoms with Gasteiger partial charge in [-0.2, -0.15) is 0 Å². The largest absolute Gasteiger partial charge is 0.497 e. The second-order valence-corrected chi connectivity index (χ2v) is 7.75. The fourth-order valence-corrected chi connectivity index (χ4v) is 3.16. The van der Waals surface area contributed by atoms with Crippen molar-refractivity contribution in [1.82, 2.24) is 0 Å². The van der Waals surface area contributed by atoms with Crippen LogP contribution in [0.3, 0.4) is 0 Å². The van der Waals surface area contributed by atoms with Crippen molar-refractivity contribution in [3.8, 4) is 22.6 Å². The highest BCUT2D eigenvalue weighted by atomic mass is 16.5. The fraction of sp³-hybridized carbons (Fsp3) is 0.357. The molecule has 0 saturated heterocycles. The van der Waals surface area contributed by atoms with E-state index in [1.165, 1.54) is 6.08 Å². The number of unbranched alkanes of at least 4 members (excludes halogenated alkanes) is 3. The van der Waals surface area contributed by atoms with Crippen LogP contribution in [0.2, 0.25) is 0 Å². The Balaban J connectivity index is 1.79. The molecule has 2 aromatic rings. The molecule has 6 heteroatoms. The van der Waals surface area contributed by atoms with Crippen molar-refractivity contribution in [3.63, 3.8) is 0 Å². The summed E-state index contributed by atoms with van der Waals surface area (Å²) in [5, 5.41) is 0. The average Bonchev–Trinajstić information content (AvgIpc) is 2.84. The second kappa shape index (κ2) is 14.6. The van der Waals surface area contributed by atoms with Crippen LogP contribution in [0.1, 0.15) is 45.1 Å². The van der Waals surface area contributed by atoms with Crippen molar-refractivity contribution >= 4 is 18.0 Å². The van der Waals surface area contributed by atoms with E-state index >= 15 is 0 Å². The van der Waals surface area contributed by atoms with Gasteiger partial charge in [0.2, 0.25) is 0 Å². The number of esters is 2. The van der Waals surface area contributed by atoms with Crippen molar-refractivity contribution in [3.05, 3.63) is 66.3 Å². The molecule has 0 spiro atoms. The van der Waals surface area contributed by atoms with Gasteiger partial charge in [0.05, 0.1) is 26.9 Å². The number of hydrogen-bond acceptors (Lipinski definition) is 6. The van der Waals surface area contributed by atoms with E-state index in [1.54, 1.807) is 20.1 Å². The van der Waals surface area contributed by atoms with E-state index < -0.39 is 0 Å². The van der Waals surface area contributed by atoms with E-state index in [2.05, 4.69) is 6.58 Å². The molecule has 0 unspecified atom stereocenters. The Morgan fingerprint density at radius 2 is 1.62 bits per heavy atom. The van der Waals surface area contributed by atoms with E-state index in [1.807, 2.05) is 49.4 Å². The topological polar surface area (TPSA) is 71.1 Å². The maximum Gasteiger partial charge on any atom is 0.333 e. The summed E-state index contributed by atoms with van der Waals surface area (Å²) < 4.78 is 21.4. The number of rotatable bonds is 14. The van der Waals surface area contributed by atoms with Crippen LogP contribution in [-0.2, 0) is 19.1 Å². The number of benzene rings is 2. The van der Waals surface area contributed by atoms with E-state index in [0.29, 0.717) is 25.4 Å². The quantitative estimate of drug-likeness (QED) is 0.193. The molecular formula is C28H34O6. The molecule has 2 rings (SSSR count). The van der Waals surface area contributed by atoms with E-state index in [9.17, 15) is 9.59 Å². The predicted molar refractivity (Wildman–Crippen MR) is 134 cm³/mol. The molecule has 0 aliphatic carbocycles. The summed E-state index contributed by atoms with van der Waals surface area (Å²) in [4.78, 5) is 23.3. The van der Waals surface area contributed by atoms with Crippen LogP contribution in [0.4, 0.5) is 0 Å². The third-order valence-electron chi connectivity index (χ3n) is 4.98. The lowest BCUT2D eigenvalue weighted by molar-refractivity contribution is -0.139. The highest BCUT2D eigenvalue weighted by Crippen LogP contribution is 2.32. The molecule has 0 fully saturated rings. The van der Waals surface area contributed by atoms with Crippen molar-refractivity contribution in [2.45, 2.75) is 39.5 Å². The Hall–Kier alpha value is -3.54. The van der Waals surface area contributed by atoms with Gasteiger partial charge in [-0.15, -0.1) is 0 Å². The summed E-state index contributed by atoms with van der Waals surface area (Å²) in [5.74, 6) is 0.804. The molecule has 182 valence electrons. The van der Waals surface area contributed by atoms with Gasteiger partial charge in [0.15, 0.2) is 0 Å². The third kappa shape index (κ3) is 9.14. The molecule has 0 radical (unpaired) electrons. The van der Waals surface area contributed by atoms with Crippen molar-refractivity contribution < 1.29 is 28.5 Å². The summed E-state index contributed by atoms with van der Waals surface area (Å²) in [5.41, 5.74) is 3.25. The Kier molecular flexibility index (Phi) is 11.5. The van der Waals surface area contributed by atoms with Gasteiger partial charge in [0.1, 0.15) is 11.5 Å². The Bertz CT molecular complexity index is 975. The van der Waals surface area contributed by atoms with E-state index in [4.69, 9.17) is 18.9 Å². The zero-order valence-electron chi connectivity index (χ0n) is 20.3. The summed E-state index contributed by atoms with van der Waals surface area (Å²) in [6, 6.07) is 13.6. The van der Waals surface area contributed by atoms with Gasteiger partial charge in [-0.05, 0) is 74.9 Å². The fourth-order valence-electron chi connectivity index (χ4n) is 3.16. The summed E-state index contributed by atoms with van der Waals surface area (Å²) >= 11 is 0. The monoisotopic (exact) mass is 466 g/mol. The molecule has 6 nitrogen and oxygen atoms in total. The number of carbonyl (C=O) groups is 2. The van der Waals surface area contributed by atoms with Crippen molar-refractivity contribution in [2.75, 3.05) is 26.9 Å². The second-order valence-electron chi connectivity index (χ2n) is 7.75. The minimum Gasteiger partial charge on any atom is -0.497 e. The SMILES string of the molecule is C=C(C)C(=O)OCCCCCCOC(=O)/C=C/c1ccc(-c2ccc(OC)cc2)c(OCC)c1. The summed E-state index contributed by atoms with van der Waals surface area (Å²) in [6.45, 7) is 8.38. The molecule has 0 saturated carbocycles. The zero-order chi connectivity index (χ0) is 24.8. The van der Waals surface area contributed by atoms with Gasteiger partial charge in [0.25, 0.3) is 0 Å². The highest BCUT2D eigenvalue weighted by Gasteiger charge is 2.08. The van der Waals surface area contributed by atoms with Crippen LogP contribution < -0.4 is 9.47 Å². The highest BCUT2D eigenvalue weighted by molar-refractivity contribution is 5.87. The third-order valence-corrected chi connectivity index (χ3v) is 4.98. The van der Waals surface area contributed by atoms with E-state index in [-0.39, 0.29) is 11.9 Å². The lowest BCUT2D eigenvalue weighted by Gasteiger charge is -2.12. The first kappa shape index (κ1) is 26.7. The minimum atomic E-state index is -0.382. The number of methoxy groups -OCH3 is 1. The standard InChI is InChI=1S/C28H34O6/c1-5-32-26-20-22(10-16-25(26)23-12-14-24(31-4)15-13-23)11-17-27(29)33-18-8-6-7-9-19-34-28(30)21(2)3/h10-17,20H,2,5-9,18-19H2,1,3-4H3/b17-11+. The van der Waals surface area contributed by atoms with Gasteiger partial charge < -0.3 is 18.9 Å². The lowest BCUT2D eigenvalue weighted by Crippen LogP contribution is -2.06. The molecule has 0 N–H and O–H groups in total. The van der Waals surface area contributed by atoms with Gasteiger partial charge in [-0.3, -0.25) is 0 Å². The molecule has 2 aromatic carbocycles. The van der Waals surface area contributed by atoms with Crippen molar-refractivity contribution in [1.29, 1.82) is 0 Å². The molecule has 0 aliphatic heterocycles. The first-order valence-corrected chi connectivity index (χ1v) is 11.5. The molecule has 0 bridgehead atoms. The van der Waals surface area contributed by atoms with Crippen LogP contribution in [0.25, 0.3) is 17.2 Å². The molecule has 0 heterocycles. The average molecular weight is 467 g/mol. The van der Waals surface area contributed by atoms with Crippen LogP contribution >= 0.6 is 0 Å². The first-order valence-electron chi connectivity index (χ1n) is 11.5. The normalized spacial score (nSPS) is 10.7. The molecule has 0 aromatic heterocycles. The Morgan fingerprint density at radius 1 is 0.941 bits per heavy atom. The van der Waals surface area contributed by atoms with E-state index in [0.717, 1.165) is 53.9 Å². The Labute approximate surface area is 202 Å². The first-order chi connectivity index (χ1) is 16.4. The molecule has 0 amide bonds. The maximum absolute atomic E-state index is 12.0. The molecular weight excluding hydrogens is 432 g/mol. The minimum absolute atomic E-state index is 0.356. The Morgan fingerprint density at radius 3 is 2.24 bits per heavy atom. The number of carbonyl (C=O) groups excluding carboxylic acids is 2. The van der Waals surface area contributed by atoms with Crippen LogP contribution in [0.5, 0.6) is 11.5 Å². The maximum atomic E-state index is 12.0. The number of hydrogen-bond donors (Lipinski definition) is 0.